The van der Waals surface area contributed by atoms with E-state index >= 15 is 0 Å². The Labute approximate surface area is 368 Å². The molecule has 0 saturated carbocycles. The van der Waals surface area contributed by atoms with Gasteiger partial charge in [0.1, 0.15) is 0 Å². The van der Waals surface area contributed by atoms with Crippen LogP contribution < -0.4 is 16.0 Å². The van der Waals surface area contributed by atoms with Gasteiger partial charge in [-0.15, -0.1) is 0 Å². The standard InChI is InChI=1S/C60H45N3/c1-4-18-45(19-5-1)57-61-58(46-20-6-2-7-21-46)63-59(62-57)52-38-34-42-16-10-12-24-49(42)55(52)44-30-28-40(29-31-44)41-32-36-48(37-33-41)60(47-22-8-3-9-23-47)53-27-15-14-26-51(53)56-50-25-13-11-17-43(50)35-39-54(56)60/h1-39,57-59,61-63H. The van der Waals surface area contributed by atoms with Crippen molar-refractivity contribution in [2.45, 2.75) is 23.9 Å². The van der Waals surface area contributed by atoms with Crippen LogP contribution in [0.3, 0.4) is 0 Å². The van der Waals surface area contributed by atoms with E-state index < -0.39 is 5.41 Å². The van der Waals surface area contributed by atoms with Gasteiger partial charge in [0.25, 0.3) is 0 Å². The molecular formula is C60H45N3. The normalized spacial score (nSPS) is 19.1. The van der Waals surface area contributed by atoms with Crippen LogP contribution in [0.15, 0.2) is 237 Å². The maximum atomic E-state index is 3.94. The van der Waals surface area contributed by atoms with Gasteiger partial charge in [-0.2, -0.15) is 0 Å². The summed E-state index contributed by atoms with van der Waals surface area (Å²) in [5, 5.41) is 16.7. The van der Waals surface area contributed by atoms with Crippen molar-refractivity contribution in [1.82, 2.24) is 16.0 Å². The molecule has 0 amide bonds. The minimum Gasteiger partial charge on any atom is -0.279 e. The van der Waals surface area contributed by atoms with Gasteiger partial charge >= 0.3 is 0 Å². The lowest BCUT2D eigenvalue weighted by molar-refractivity contribution is 0.203. The van der Waals surface area contributed by atoms with Crippen molar-refractivity contribution in [2.75, 3.05) is 0 Å². The van der Waals surface area contributed by atoms with Crippen molar-refractivity contribution in [3.63, 3.8) is 0 Å². The molecule has 10 aromatic carbocycles. The lowest BCUT2D eigenvalue weighted by Gasteiger charge is -2.40. The van der Waals surface area contributed by atoms with E-state index in [-0.39, 0.29) is 18.5 Å². The first-order valence-electron chi connectivity index (χ1n) is 22.0. The molecule has 0 spiro atoms. The smallest absolute Gasteiger partial charge is 0.0870 e. The Hall–Kier alpha value is -7.40. The second-order valence-electron chi connectivity index (χ2n) is 16.9. The van der Waals surface area contributed by atoms with Gasteiger partial charge in [-0.05, 0) is 93.9 Å². The summed E-state index contributed by atoms with van der Waals surface area (Å²) >= 11 is 0. The van der Waals surface area contributed by atoms with Gasteiger partial charge in [-0.3, -0.25) is 16.0 Å². The molecule has 3 heteroatoms. The van der Waals surface area contributed by atoms with Gasteiger partial charge in [0.05, 0.1) is 23.9 Å². The monoisotopic (exact) mass is 807 g/mol. The van der Waals surface area contributed by atoms with Gasteiger partial charge in [-0.1, -0.05) is 237 Å². The zero-order valence-electron chi connectivity index (χ0n) is 34.7. The summed E-state index contributed by atoms with van der Waals surface area (Å²) in [7, 11) is 0. The maximum absolute atomic E-state index is 3.94. The summed E-state index contributed by atoms with van der Waals surface area (Å²) in [5.74, 6) is 0. The second kappa shape index (κ2) is 15.5. The Morgan fingerprint density at radius 1 is 0.302 bits per heavy atom. The molecule has 63 heavy (non-hydrogen) atoms. The molecule has 3 unspecified atom stereocenters. The van der Waals surface area contributed by atoms with Crippen LogP contribution in [0.1, 0.15) is 57.4 Å². The zero-order valence-corrected chi connectivity index (χ0v) is 34.7. The number of fused-ring (bicyclic) bond motifs is 6. The highest BCUT2D eigenvalue weighted by atomic mass is 15.4. The first-order valence-corrected chi connectivity index (χ1v) is 22.0. The van der Waals surface area contributed by atoms with Crippen LogP contribution in [-0.2, 0) is 5.41 Å². The van der Waals surface area contributed by atoms with Crippen LogP contribution in [0.5, 0.6) is 0 Å². The molecule has 2 aliphatic rings. The van der Waals surface area contributed by atoms with Gasteiger partial charge < -0.3 is 0 Å². The Balaban J connectivity index is 0.939. The third-order valence-corrected chi connectivity index (χ3v) is 13.5. The molecule has 300 valence electrons. The predicted molar refractivity (Wildman–Crippen MR) is 260 cm³/mol. The van der Waals surface area contributed by atoms with E-state index in [1.807, 2.05) is 0 Å². The molecule has 3 atom stereocenters. The number of benzene rings is 10. The molecule has 12 rings (SSSR count). The van der Waals surface area contributed by atoms with Gasteiger partial charge in [-0.25, -0.2) is 0 Å². The third kappa shape index (κ3) is 6.24. The summed E-state index contributed by atoms with van der Waals surface area (Å²) in [6, 6.07) is 86.8. The SMILES string of the molecule is c1ccc(C2NC(c3ccccc3)NC(c3ccc4ccccc4c3-c3ccc(-c4ccc(C5(c6ccccc6)c6ccccc6-c6c5ccc5ccccc65)cc4)cc3)N2)cc1. The molecule has 1 heterocycles. The van der Waals surface area contributed by atoms with Crippen LogP contribution >= 0.6 is 0 Å². The summed E-state index contributed by atoms with van der Waals surface area (Å²) < 4.78 is 0. The van der Waals surface area contributed by atoms with Crippen molar-refractivity contribution < 1.29 is 0 Å². The topological polar surface area (TPSA) is 36.1 Å². The Bertz CT molecular complexity index is 3210. The van der Waals surface area contributed by atoms with Crippen LogP contribution in [0.2, 0.25) is 0 Å². The van der Waals surface area contributed by atoms with Crippen molar-refractivity contribution in [2.24, 2.45) is 0 Å². The van der Waals surface area contributed by atoms with Crippen LogP contribution in [-0.4, -0.2) is 0 Å². The first kappa shape index (κ1) is 37.4. The molecule has 3 N–H and O–H groups in total. The van der Waals surface area contributed by atoms with E-state index in [9.17, 15) is 0 Å². The molecule has 3 nitrogen and oxygen atoms in total. The molecule has 0 aromatic heterocycles. The maximum Gasteiger partial charge on any atom is 0.0870 e. The molecule has 10 aromatic rings. The van der Waals surface area contributed by atoms with Crippen molar-refractivity contribution in [3.8, 4) is 33.4 Å². The Kier molecular flexibility index (Phi) is 9.19. The average Bonchev–Trinajstić information content (AvgIpc) is 3.68. The quantitative estimate of drug-likeness (QED) is 0.150. The fraction of sp³-hybridized carbons (Fsp3) is 0.0667. The highest BCUT2D eigenvalue weighted by Gasteiger charge is 2.46. The van der Waals surface area contributed by atoms with Gasteiger partial charge in [0.2, 0.25) is 0 Å². The molecule has 1 aliphatic heterocycles. The van der Waals surface area contributed by atoms with Crippen molar-refractivity contribution in [1.29, 1.82) is 0 Å². The third-order valence-electron chi connectivity index (χ3n) is 13.5. The van der Waals surface area contributed by atoms with Crippen LogP contribution in [0.4, 0.5) is 0 Å². The Morgan fingerprint density at radius 2 is 0.762 bits per heavy atom. The molecule has 1 fully saturated rings. The highest BCUT2D eigenvalue weighted by molar-refractivity contribution is 6.04. The fourth-order valence-electron chi connectivity index (χ4n) is 10.6. The van der Waals surface area contributed by atoms with Crippen LogP contribution in [0, 0.1) is 0 Å². The van der Waals surface area contributed by atoms with Gasteiger partial charge in [0.15, 0.2) is 0 Å². The summed E-state index contributed by atoms with van der Waals surface area (Å²) in [5.41, 5.74) is 15.8. The lowest BCUT2D eigenvalue weighted by Crippen LogP contribution is -2.54. The molecular weight excluding hydrogens is 763 g/mol. The van der Waals surface area contributed by atoms with E-state index in [1.54, 1.807) is 0 Å². The summed E-state index contributed by atoms with van der Waals surface area (Å²) in [4.78, 5) is 0. The first-order chi connectivity index (χ1) is 31.2. The van der Waals surface area contributed by atoms with E-state index in [1.165, 1.54) is 93.9 Å². The van der Waals surface area contributed by atoms with E-state index in [0.29, 0.717) is 0 Å². The number of rotatable bonds is 7. The average molecular weight is 808 g/mol. The number of nitrogens with one attached hydrogen (secondary N) is 3. The number of hydrogen-bond acceptors (Lipinski definition) is 3. The molecule has 0 radical (unpaired) electrons. The van der Waals surface area contributed by atoms with Crippen LogP contribution in [0.25, 0.3) is 54.9 Å². The summed E-state index contributed by atoms with van der Waals surface area (Å²) in [6.45, 7) is 0. The summed E-state index contributed by atoms with van der Waals surface area (Å²) in [6.07, 6.45) is -0.243. The van der Waals surface area contributed by atoms with Gasteiger partial charge in [0, 0.05) is 0 Å². The highest BCUT2D eigenvalue weighted by Crippen LogP contribution is 2.57. The lowest BCUT2D eigenvalue weighted by atomic mass is 9.67. The Morgan fingerprint density at radius 3 is 1.40 bits per heavy atom. The second-order valence-corrected chi connectivity index (χ2v) is 16.9. The predicted octanol–water partition coefficient (Wildman–Crippen LogP) is 13.9. The van der Waals surface area contributed by atoms with E-state index in [4.69, 9.17) is 0 Å². The van der Waals surface area contributed by atoms with Crippen molar-refractivity contribution >= 4 is 21.5 Å². The zero-order chi connectivity index (χ0) is 41.7. The minimum atomic E-state index is -0.458. The van der Waals surface area contributed by atoms with E-state index in [0.717, 1.165) is 0 Å². The largest absolute Gasteiger partial charge is 0.279 e. The fourth-order valence-corrected chi connectivity index (χ4v) is 10.6. The minimum absolute atomic E-state index is 0.0566. The van der Waals surface area contributed by atoms with E-state index in [2.05, 4.69) is 253 Å². The molecule has 1 aliphatic carbocycles. The number of hydrogen-bond donors (Lipinski definition) is 3. The van der Waals surface area contributed by atoms with Crippen molar-refractivity contribution in [3.05, 3.63) is 276 Å². The molecule has 1 saturated heterocycles. The molecule has 0 bridgehead atoms.